The molecule has 5 heteroatoms. The maximum Gasteiger partial charge on any atom is 0.119 e. The van der Waals surface area contributed by atoms with Gasteiger partial charge in [0, 0.05) is 42.1 Å². The molecule has 4 nitrogen and oxygen atoms in total. The molecule has 0 saturated heterocycles. The van der Waals surface area contributed by atoms with Gasteiger partial charge in [-0.25, -0.2) is 0 Å². The van der Waals surface area contributed by atoms with Gasteiger partial charge in [-0.3, -0.25) is 4.21 Å². The lowest BCUT2D eigenvalue weighted by Gasteiger charge is -2.16. The monoisotopic (exact) mass is 299 g/mol. The van der Waals surface area contributed by atoms with E-state index in [0.717, 1.165) is 17.7 Å². The molecule has 2 atom stereocenters. The zero-order chi connectivity index (χ0) is 14.8. The van der Waals surface area contributed by atoms with Crippen LogP contribution in [0.3, 0.4) is 0 Å². The topological polar surface area (TPSA) is 47.6 Å². The van der Waals surface area contributed by atoms with Crippen molar-refractivity contribution in [3.8, 4) is 5.75 Å². The van der Waals surface area contributed by atoms with Crippen LogP contribution in [0.4, 0.5) is 0 Å². The first-order valence-corrected chi connectivity index (χ1v) is 8.44. The summed E-state index contributed by atoms with van der Waals surface area (Å²) in [6.07, 6.45) is 0.836. The van der Waals surface area contributed by atoms with E-state index in [2.05, 4.69) is 5.32 Å². The van der Waals surface area contributed by atoms with Crippen LogP contribution in [0, 0.1) is 0 Å². The van der Waals surface area contributed by atoms with E-state index in [-0.39, 0.29) is 6.04 Å². The Morgan fingerprint density at radius 3 is 2.55 bits per heavy atom. The fraction of sp³-hybridized carbons (Fsp3) is 0.600. The van der Waals surface area contributed by atoms with Gasteiger partial charge in [0.1, 0.15) is 5.75 Å². The lowest BCUT2D eigenvalue weighted by molar-refractivity contribution is 0.200. The third-order valence-corrected chi connectivity index (χ3v) is 4.46. The molecule has 20 heavy (non-hydrogen) atoms. The van der Waals surface area contributed by atoms with Gasteiger partial charge in [0.25, 0.3) is 0 Å². The molecule has 1 rings (SSSR count). The van der Waals surface area contributed by atoms with Crippen molar-refractivity contribution in [1.82, 2.24) is 5.32 Å². The number of methoxy groups -OCH3 is 1. The molecule has 114 valence electrons. The highest BCUT2D eigenvalue weighted by molar-refractivity contribution is 7.85. The molecule has 0 heterocycles. The Labute approximate surface area is 124 Å². The summed E-state index contributed by atoms with van der Waals surface area (Å²) in [5, 5.41) is 3.23. The minimum Gasteiger partial charge on any atom is -0.494 e. The van der Waals surface area contributed by atoms with E-state index in [1.165, 1.54) is 0 Å². The van der Waals surface area contributed by atoms with Crippen LogP contribution in [-0.2, 0) is 15.5 Å². The van der Waals surface area contributed by atoms with Gasteiger partial charge < -0.3 is 14.8 Å². The number of rotatable bonds is 10. The van der Waals surface area contributed by atoms with Crippen LogP contribution in [0.1, 0.15) is 24.9 Å². The highest BCUT2D eigenvalue weighted by Gasteiger charge is 2.13. The van der Waals surface area contributed by atoms with E-state index in [0.29, 0.717) is 24.7 Å². The Morgan fingerprint density at radius 2 is 2.00 bits per heavy atom. The zero-order valence-electron chi connectivity index (χ0n) is 12.6. The standard InChI is InChI=1S/C15H25NO3S/c1-4-19-14-8-6-13(7-9-14)15(16-2)12-20(17)11-5-10-18-3/h6-9,15-16H,4-5,10-12H2,1-3H3. The highest BCUT2D eigenvalue weighted by atomic mass is 32.2. The maximum atomic E-state index is 12.0. The smallest absolute Gasteiger partial charge is 0.119 e. The predicted molar refractivity (Wildman–Crippen MR) is 83.8 cm³/mol. The van der Waals surface area contributed by atoms with Gasteiger partial charge in [-0.2, -0.15) is 0 Å². The van der Waals surface area contributed by atoms with Crippen LogP contribution in [-0.4, -0.2) is 43.1 Å². The third-order valence-electron chi connectivity index (χ3n) is 3.01. The van der Waals surface area contributed by atoms with Gasteiger partial charge in [0.05, 0.1) is 6.61 Å². The second-order valence-electron chi connectivity index (χ2n) is 4.50. The molecule has 0 amide bonds. The van der Waals surface area contributed by atoms with Crippen LogP contribution in [0.25, 0.3) is 0 Å². The molecule has 1 aromatic carbocycles. The minimum absolute atomic E-state index is 0.106. The summed E-state index contributed by atoms with van der Waals surface area (Å²) in [6.45, 7) is 3.30. The molecule has 1 N–H and O–H groups in total. The summed E-state index contributed by atoms with van der Waals surface area (Å²) >= 11 is 0. The Morgan fingerprint density at radius 1 is 1.30 bits per heavy atom. The molecule has 0 fully saturated rings. The maximum absolute atomic E-state index is 12.0. The van der Waals surface area contributed by atoms with Gasteiger partial charge >= 0.3 is 0 Å². The molecule has 0 spiro atoms. The van der Waals surface area contributed by atoms with Gasteiger partial charge in [0.2, 0.25) is 0 Å². The molecule has 0 aliphatic carbocycles. The van der Waals surface area contributed by atoms with Crippen LogP contribution < -0.4 is 10.1 Å². The zero-order valence-corrected chi connectivity index (χ0v) is 13.4. The Kier molecular flexibility index (Phi) is 8.49. The molecular formula is C15H25NO3S. The fourth-order valence-corrected chi connectivity index (χ4v) is 3.28. The Balaban J connectivity index is 2.54. The first kappa shape index (κ1) is 17.1. The summed E-state index contributed by atoms with van der Waals surface area (Å²) < 4.78 is 22.4. The summed E-state index contributed by atoms with van der Waals surface area (Å²) in [7, 11) is 2.73. The predicted octanol–water partition coefficient (Wildman–Crippen LogP) is 2.13. The average molecular weight is 299 g/mol. The van der Waals surface area contributed by atoms with E-state index in [4.69, 9.17) is 9.47 Å². The summed E-state index contributed by atoms with van der Waals surface area (Å²) in [5.41, 5.74) is 1.14. The number of hydrogen-bond acceptors (Lipinski definition) is 4. The molecule has 0 aliphatic rings. The first-order chi connectivity index (χ1) is 9.71. The van der Waals surface area contributed by atoms with Gasteiger partial charge in [-0.05, 0) is 38.1 Å². The quantitative estimate of drug-likeness (QED) is 0.672. The molecular weight excluding hydrogens is 274 g/mol. The van der Waals surface area contributed by atoms with E-state index in [1.54, 1.807) is 7.11 Å². The molecule has 0 saturated carbocycles. The lowest BCUT2D eigenvalue weighted by Crippen LogP contribution is -2.23. The van der Waals surface area contributed by atoms with Crippen molar-refractivity contribution in [2.45, 2.75) is 19.4 Å². The molecule has 1 aromatic rings. The van der Waals surface area contributed by atoms with Crippen molar-refractivity contribution < 1.29 is 13.7 Å². The fourth-order valence-electron chi connectivity index (χ4n) is 1.94. The van der Waals surface area contributed by atoms with Crippen LogP contribution >= 0.6 is 0 Å². The van der Waals surface area contributed by atoms with Gasteiger partial charge in [-0.15, -0.1) is 0 Å². The molecule has 0 bridgehead atoms. The van der Waals surface area contributed by atoms with E-state index in [9.17, 15) is 4.21 Å². The van der Waals surface area contributed by atoms with Gasteiger partial charge in [-0.1, -0.05) is 12.1 Å². The molecule has 0 aromatic heterocycles. The second-order valence-corrected chi connectivity index (χ2v) is 6.12. The summed E-state index contributed by atoms with van der Waals surface area (Å²) in [4.78, 5) is 0. The molecule has 0 aliphatic heterocycles. The third kappa shape index (κ3) is 6.03. The van der Waals surface area contributed by atoms with Crippen molar-refractivity contribution in [2.24, 2.45) is 0 Å². The minimum atomic E-state index is -0.834. The van der Waals surface area contributed by atoms with E-state index in [1.807, 2.05) is 38.2 Å². The number of hydrogen-bond donors (Lipinski definition) is 1. The molecule has 0 radical (unpaired) electrons. The Hall–Kier alpha value is -0.910. The lowest BCUT2D eigenvalue weighted by atomic mass is 10.1. The number of ether oxygens (including phenoxy) is 2. The number of nitrogens with one attached hydrogen (secondary N) is 1. The van der Waals surface area contributed by atoms with E-state index >= 15 is 0 Å². The van der Waals surface area contributed by atoms with E-state index < -0.39 is 10.8 Å². The highest BCUT2D eigenvalue weighted by Crippen LogP contribution is 2.18. The van der Waals surface area contributed by atoms with Crippen LogP contribution in [0.2, 0.25) is 0 Å². The molecule has 2 unspecified atom stereocenters. The Bertz CT molecular complexity index is 395. The summed E-state index contributed by atoms with van der Waals surface area (Å²) in [5.74, 6) is 2.17. The van der Waals surface area contributed by atoms with Crippen molar-refractivity contribution >= 4 is 10.8 Å². The average Bonchev–Trinajstić information content (AvgIpc) is 2.46. The van der Waals surface area contributed by atoms with Crippen molar-refractivity contribution in [2.75, 3.05) is 38.9 Å². The van der Waals surface area contributed by atoms with Crippen LogP contribution in [0.15, 0.2) is 24.3 Å². The van der Waals surface area contributed by atoms with Gasteiger partial charge in [0.15, 0.2) is 0 Å². The number of benzene rings is 1. The SMILES string of the molecule is CCOc1ccc(C(CS(=O)CCCOC)NC)cc1. The van der Waals surface area contributed by atoms with Crippen molar-refractivity contribution in [3.63, 3.8) is 0 Å². The summed E-state index contributed by atoms with van der Waals surface area (Å²) in [6, 6.07) is 8.07. The first-order valence-electron chi connectivity index (χ1n) is 6.95. The normalized spacial score (nSPS) is 13.9. The largest absolute Gasteiger partial charge is 0.494 e. The van der Waals surface area contributed by atoms with Crippen molar-refractivity contribution in [3.05, 3.63) is 29.8 Å². The van der Waals surface area contributed by atoms with Crippen molar-refractivity contribution in [1.29, 1.82) is 0 Å². The second kappa shape index (κ2) is 9.91. The van der Waals surface area contributed by atoms with Crippen LogP contribution in [0.5, 0.6) is 5.75 Å².